The smallest absolute Gasteiger partial charge is 0.0788 e. The van der Waals surface area contributed by atoms with E-state index in [1.54, 1.807) is 21.1 Å². The summed E-state index contributed by atoms with van der Waals surface area (Å²) < 4.78 is 0. The van der Waals surface area contributed by atoms with Gasteiger partial charge in [0.25, 0.3) is 0 Å². The Morgan fingerprint density at radius 2 is 0.659 bits per heavy atom. The molecular weight excluding hydrogens is 545 g/mol. The minimum absolute atomic E-state index is 0.356. The fourth-order valence-electron chi connectivity index (χ4n) is 6.98. The molecule has 1 atom stereocenters. The summed E-state index contributed by atoms with van der Waals surface area (Å²) in [5.41, 5.74) is 12.1. The molecule has 0 aliphatic heterocycles. The maximum absolute atomic E-state index is 2.70. The minimum Gasteiger partial charge on any atom is -0.0788 e. The van der Waals surface area contributed by atoms with E-state index in [-0.39, 0.29) is 0 Å². The highest BCUT2D eigenvalue weighted by molar-refractivity contribution is 7.13. The summed E-state index contributed by atoms with van der Waals surface area (Å²) in [6, 6.07) is 23.3. The molecule has 1 heteroatoms. The molecule has 4 rings (SSSR count). The summed E-state index contributed by atoms with van der Waals surface area (Å²) >= 11 is 0. The van der Waals surface area contributed by atoms with Crippen LogP contribution < -0.4 is 15.6 Å². The highest BCUT2D eigenvalue weighted by Crippen LogP contribution is 2.40. The van der Waals surface area contributed by atoms with Crippen LogP contribution in [0.15, 0.2) is 77.9 Å². The Hall–Kier alpha value is -2.64. The summed E-state index contributed by atoms with van der Waals surface area (Å²) in [4.78, 5) is 0. The van der Waals surface area contributed by atoms with Crippen molar-refractivity contribution in [2.24, 2.45) is 0 Å². The molecule has 0 spiro atoms. The zero-order valence-electron chi connectivity index (χ0n) is 30.4. The highest BCUT2D eigenvalue weighted by atomic mass is 28.3. The molecule has 0 nitrogen and oxygen atoms in total. The molecule has 0 bridgehead atoms. The second kappa shape index (κ2) is 13.4. The largest absolute Gasteiger partial charge is 0.159 e. The summed E-state index contributed by atoms with van der Waals surface area (Å²) in [5, 5.41) is 4.71. The van der Waals surface area contributed by atoms with Crippen LogP contribution in [0.4, 0.5) is 0 Å². The lowest BCUT2D eigenvalue weighted by atomic mass is 9.95. The summed E-state index contributed by atoms with van der Waals surface area (Å²) in [6.45, 7) is 33.1. The van der Waals surface area contributed by atoms with Gasteiger partial charge in [0.15, 0.2) is 8.07 Å². The first-order chi connectivity index (χ1) is 20.6. The van der Waals surface area contributed by atoms with Gasteiger partial charge in [-0.25, -0.2) is 0 Å². The molecule has 0 aromatic heterocycles. The van der Waals surface area contributed by atoms with Crippen LogP contribution in [0.3, 0.4) is 0 Å². The van der Waals surface area contributed by atoms with E-state index in [2.05, 4.69) is 164 Å². The van der Waals surface area contributed by atoms with Gasteiger partial charge >= 0.3 is 0 Å². The second-order valence-corrected chi connectivity index (χ2v) is 19.6. The van der Waals surface area contributed by atoms with Crippen LogP contribution in [0.25, 0.3) is 0 Å². The van der Waals surface area contributed by atoms with E-state index in [1.807, 2.05) is 0 Å². The zero-order chi connectivity index (χ0) is 32.7. The Kier molecular flexibility index (Phi) is 10.4. The van der Waals surface area contributed by atoms with E-state index < -0.39 is 8.07 Å². The van der Waals surface area contributed by atoms with Gasteiger partial charge < -0.3 is 0 Å². The lowest BCUT2D eigenvalue weighted by Gasteiger charge is -2.41. The average molecular weight is 605 g/mol. The molecule has 0 heterocycles. The fourth-order valence-corrected chi connectivity index (χ4v) is 12.7. The summed E-state index contributed by atoms with van der Waals surface area (Å²) in [7, 11) is -2.70. The van der Waals surface area contributed by atoms with Gasteiger partial charge in [0.1, 0.15) is 0 Å². The molecule has 0 saturated carbocycles. The number of benzene rings is 3. The molecule has 0 radical (unpaired) electrons. The third-order valence-electron chi connectivity index (χ3n) is 10.4. The predicted octanol–water partition coefficient (Wildman–Crippen LogP) is 11.2. The number of hydrogen-bond acceptors (Lipinski definition) is 0. The van der Waals surface area contributed by atoms with Crippen molar-refractivity contribution in [2.45, 2.75) is 138 Å². The van der Waals surface area contributed by atoms with Crippen molar-refractivity contribution in [3.63, 3.8) is 0 Å². The van der Waals surface area contributed by atoms with Crippen LogP contribution in [0.5, 0.6) is 0 Å². The lowest BCUT2D eigenvalue weighted by molar-refractivity contribution is 0.834. The van der Waals surface area contributed by atoms with Gasteiger partial charge in [-0.1, -0.05) is 161 Å². The summed E-state index contributed by atoms with van der Waals surface area (Å²) in [5.74, 6) is 2.82. The van der Waals surface area contributed by atoms with Crippen molar-refractivity contribution in [2.75, 3.05) is 0 Å². The molecule has 0 amide bonds. The maximum atomic E-state index is 2.63. The van der Waals surface area contributed by atoms with E-state index in [4.69, 9.17) is 0 Å². The van der Waals surface area contributed by atoms with E-state index in [9.17, 15) is 0 Å². The van der Waals surface area contributed by atoms with Gasteiger partial charge in [-0.05, 0) is 98.3 Å². The molecule has 3 aromatic rings. The zero-order valence-corrected chi connectivity index (χ0v) is 31.4. The first-order valence-corrected chi connectivity index (χ1v) is 19.5. The van der Waals surface area contributed by atoms with Crippen LogP contribution in [0.1, 0.15) is 166 Å². The third kappa shape index (κ3) is 6.50. The quantitative estimate of drug-likeness (QED) is 0.159. The van der Waals surface area contributed by atoms with Crippen LogP contribution in [-0.2, 0) is 0 Å². The molecule has 1 unspecified atom stereocenters. The Morgan fingerprint density at radius 1 is 0.409 bits per heavy atom. The van der Waals surface area contributed by atoms with Gasteiger partial charge in [-0.15, -0.1) is 0 Å². The molecule has 1 aliphatic rings. The van der Waals surface area contributed by atoms with Crippen LogP contribution >= 0.6 is 0 Å². The van der Waals surface area contributed by atoms with Crippen molar-refractivity contribution >= 4 is 23.6 Å². The lowest BCUT2D eigenvalue weighted by Crippen LogP contribution is -2.70. The van der Waals surface area contributed by atoms with Gasteiger partial charge in [0.2, 0.25) is 0 Å². The van der Waals surface area contributed by atoms with Crippen molar-refractivity contribution in [3.05, 3.63) is 111 Å². The third-order valence-corrected chi connectivity index (χ3v) is 15.5. The molecule has 0 saturated heterocycles. The van der Waals surface area contributed by atoms with Crippen LogP contribution in [-0.4, -0.2) is 8.07 Å². The molecule has 0 N–H and O–H groups in total. The summed E-state index contributed by atoms with van der Waals surface area (Å²) in [6.07, 6.45) is 5.00. The SMILES string of the molecule is CC1=C(C)C([Si](c2cc(C(C)C)cc(C(C)C)c2)(c2cc(C(C)C)cc(C(C)C)c2)c2cc(C(C)C)cc(C(C)C)c2)C=C1. The van der Waals surface area contributed by atoms with Gasteiger partial charge in [-0.3, -0.25) is 0 Å². The molecule has 3 aromatic carbocycles. The Balaban J connectivity index is 2.34. The predicted molar refractivity (Wildman–Crippen MR) is 200 cm³/mol. The van der Waals surface area contributed by atoms with Gasteiger partial charge in [0.05, 0.1) is 0 Å². The molecule has 1 aliphatic carbocycles. The van der Waals surface area contributed by atoms with E-state index in [1.165, 1.54) is 39.0 Å². The van der Waals surface area contributed by atoms with Crippen molar-refractivity contribution in [1.29, 1.82) is 0 Å². The standard InChI is InChI=1S/C43H60Si/c1-26(2)34-17-35(27(3)4)21-40(20-34)44(43-16-15-32(13)33(43)14,41-22-36(28(5)6)18-37(23-41)29(7)8)42-24-38(30(9)10)19-39(25-42)31(11)12/h15-31,43H,1-14H3. The Bertz CT molecular complexity index is 1310. The molecule has 44 heavy (non-hydrogen) atoms. The second-order valence-electron chi connectivity index (χ2n) is 15.6. The van der Waals surface area contributed by atoms with Crippen molar-refractivity contribution < 1.29 is 0 Å². The monoisotopic (exact) mass is 604 g/mol. The number of rotatable bonds is 10. The van der Waals surface area contributed by atoms with E-state index >= 15 is 0 Å². The van der Waals surface area contributed by atoms with Crippen LogP contribution in [0, 0.1) is 0 Å². The molecular formula is C43H60Si. The Labute approximate surface area is 272 Å². The Morgan fingerprint density at radius 3 is 0.841 bits per heavy atom. The normalized spacial score (nSPS) is 15.9. The first kappa shape index (κ1) is 34.2. The average Bonchev–Trinajstić information content (AvgIpc) is 3.30. The molecule has 236 valence electrons. The number of allylic oxidation sites excluding steroid dienone is 4. The van der Waals surface area contributed by atoms with Crippen LogP contribution in [0.2, 0.25) is 5.54 Å². The van der Waals surface area contributed by atoms with Crippen molar-refractivity contribution in [3.8, 4) is 0 Å². The van der Waals surface area contributed by atoms with Gasteiger partial charge in [-0.2, -0.15) is 0 Å². The minimum atomic E-state index is -2.70. The fraction of sp³-hybridized carbons (Fsp3) is 0.488. The van der Waals surface area contributed by atoms with Crippen molar-refractivity contribution in [1.82, 2.24) is 0 Å². The highest BCUT2D eigenvalue weighted by Gasteiger charge is 2.48. The maximum Gasteiger partial charge on any atom is 0.159 e. The first-order valence-electron chi connectivity index (χ1n) is 17.4. The molecule has 0 fully saturated rings. The topological polar surface area (TPSA) is 0 Å². The number of hydrogen-bond donors (Lipinski definition) is 0. The van der Waals surface area contributed by atoms with E-state index in [0.29, 0.717) is 41.0 Å². The van der Waals surface area contributed by atoms with E-state index in [0.717, 1.165) is 0 Å². The van der Waals surface area contributed by atoms with Gasteiger partial charge in [0, 0.05) is 5.54 Å².